The van der Waals surface area contributed by atoms with E-state index in [0.29, 0.717) is 6.54 Å². The minimum atomic E-state index is 0. The third kappa shape index (κ3) is 6.62. The van der Waals surface area contributed by atoms with Gasteiger partial charge in [0.2, 0.25) is 0 Å². The van der Waals surface area contributed by atoms with Gasteiger partial charge in [-0.15, -0.1) is 34.2 Å². The topological polar surface area (TPSA) is 66.6 Å². The molecule has 6 nitrogen and oxygen atoms in total. The van der Waals surface area contributed by atoms with Gasteiger partial charge in [-0.25, -0.2) is 4.99 Å². The van der Waals surface area contributed by atoms with E-state index in [1.807, 2.05) is 28.8 Å². The van der Waals surface area contributed by atoms with Crippen molar-refractivity contribution >= 4 is 35.6 Å². The summed E-state index contributed by atoms with van der Waals surface area (Å²) in [5, 5.41) is 15.0. The second-order valence-electron chi connectivity index (χ2n) is 6.06. The third-order valence-corrected chi connectivity index (χ3v) is 3.61. The number of aromatic nitrogens is 3. The van der Waals surface area contributed by atoms with Crippen LogP contribution in [-0.2, 0) is 6.54 Å². The molecule has 7 heteroatoms. The van der Waals surface area contributed by atoms with Crippen LogP contribution in [0.2, 0.25) is 0 Å². The molecule has 0 aliphatic heterocycles. The number of pyridine rings is 1. The van der Waals surface area contributed by atoms with Crippen LogP contribution in [0.1, 0.15) is 45.9 Å². The van der Waals surface area contributed by atoms with Crippen molar-refractivity contribution < 1.29 is 0 Å². The Morgan fingerprint density at radius 3 is 2.79 bits per heavy atom. The molecule has 0 bridgehead atoms. The van der Waals surface area contributed by atoms with Crippen LogP contribution in [-0.4, -0.2) is 33.6 Å². The molecule has 0 fully saturated rings. The molecule has 2 heterocycles. The summed E-state index contributed by atoms with van der Waals surface area (Å²) in [6.45, 7) is 8.90. The normalized spacial score (nSPS) is 11.6. The van der Waals surface area contributed by atoms with E-state index in [9.17, 15) is 0 Å². The van der Waals surface area contributed by atoms with Gasteiger partial charge in [0, 0.05) is 19.3 Å². The van der Waals surface area contributed by atoms with Gasteiger partial charge in [-0.05, 0) is 31.4 Å². The number of nitrogens with zero attached hydrogens (tertiary/aromatic N) is 4. The minimum Gasteiger partial charge on any atom is -0.357 e. The molecule has 2 rings (SSSR count). The smallest absolute Gasteiger partial charge is 0.191 e. The molecule has 0 aliphatic rings. The summed E-state index contributed by atoms with van der Waals surface area (Å²) in [5.41, 5.74) is 0.851. The van der Waals surface area contributed by atoms with Gasteiger partial charge in [0.1, 0.15) is 6.54 Å². The highest BCUT2D eigenvalue weighted by Gasteiger charge is 2.04. The summed E-state index contributed by atoms with van der Waals surface area (Å²) in [7, 11) is 0. The minimum absolute atomic E-state index is 0. The Hall–Kier alpha value is -1.38. The first-order valence-electron chi connectivity index (χ1n) is 8.51. The van der Waals surface area contributed by atoms with Crippen molar-refractivity contribution in [2.45, 2.75) is 46.6 Å². The summed E-state index contributed by atoms with van der Waals surface area (Å²) < 4.78 is 1.97. The molecule has 0 spiro atoms. The summed E-state index contributed by atoms with van der Waals surface area (Å²) in [5.74, 6) is 2.46. The van der Waals surface area contributed by atoms with Crippen LogP contribution in [0.25, 0.3) is 5.65 Å². The standard InChI is InChI=1S/C17H28N6.HI/c1-4-18-17(19-11-7-5-9-14(2)3)20-13-16-22-21-15-10-6-8-12-23(15)16;/h6,8,10,12,14H,4-5,7,9,11,13H2,1-3H3,(H2,18,19,20);1H. The van der Waals surface area contributed by atoms with Crippen molar-refractivity contribution in [1.29, 1.82) is 0 Å². The maximum atomic E-state index is 4.61. The number of fused-ring (bicyclic) bond motifs is 1. The molecule has 0 atom stereocenters. The first kappa shape index (κ1) is 20.7. The molecule has 24 heavy (non-hydrogen) atoms. The van der Waals surface area contributed by atoms with E-state index in [4.69, 9.17) is 0 Å². The Balaban J connectivity index is 0.00000288. The van der Waals surface area contributed by atoms with Gasteiger partial charge in [0.15, 0.2) is 17.4 Å². The van der Waals surface area contributed by atoms with Crippen molar-refractivity contribution in [3.05, 3.63) is 30.2 Å². The predicted octanol–water partition coefficient (Wildman–Crippen LogP) is 3.23. The molecule has 0 aromatic carbocycles. The average Bonchev–Trinajstić information content (AvgIpc) is 2.95. The fraction of sp³-hybridized carbons (Fsp3) is 0.588. The van der Waals surface area contributed by atoms with Crippen LogP contribution >= 0.6 is 24.0 Å². The molecule has 134 valence electrons. The number of hydrogen-bond donors (Lipinski definition) is 2. The van der Waals surface area contributed by atoms with Gasteiger partial charge in [-0.1, -0.05) is 32.8 Å². The van der Waals surface area contributed by atoms with E-state index in [1.165, 1.54) is 12.8 Å². The van der Waals surface area contributed by atoms with Crippen LogP contribution in [0.4, 0.5) is 0 Å². The molecule has 0 unspecified atom stereocenters. The van der Waals surface area contributed by atoms with Crippen LogP contribution in [0.5, 0.6) is 0 Å². The van der Waals surface area contributed by atoms with Crippen LogP contribution in [0.3, 0.4) is 0 Å². The van der Waals surface area contributed by atoms with Gasteiger partial charge in [0.25, 0.3) is 0 Å². The summed E-state index contributed by atoms with van der Waals surface area (Å²) in [6.07, 6.45) is 5.66. The van der Waals surface area contributed by atoms with Gasteiger partial charge in [0.05, 0.1) is 0 Å². The van der Waals surface area contributed by atoms with Crippen molar-refractivity contribution in [3.8, 4) is 0 Å². The predicted molar refractivity (Wildman–Crippen MR) is 110 cm³/mol. The number of nitrogens with one attached hydrogen (secondary N) is 2. The molecule has 0 saturated heterocycles. The zero-order chi connectivity index (χ0) is 16.5. The van der Waals surface area contributed by atoms with E-state index in [2.05, 4.69) is 46.6 Å². The zero-order valence-corrected chi connectivity index (χ0v) is 17.2. The van der Waals surface area contributed by atoms with E-state index in [-0.39, 0.29) is 24.0 Å². The number of halogens is 1. The van der Waals surface area contributed by atoms with Crippen LogP contribution in [0, 0.1) is 5.92 Å². The second-order valence-corrected chi connectivity index (χ2v) is 6.06. The average molecular weight is 444 g/mol. The molecule has 0 saturated carbocycles. The fourth-order valence-corrected chi connectivity index (χ4v) is 2.37. The lowest BCUT2D eigenvalue weighted by molar-refractivity contribution is 0.534. The maximum absolute atomic E-state index is 4.61. The maximum Gasteiger partial charge on any atom is 0.191 e. The largest absolute Gasteiger partial charge is 0.357 e. The molecule has 2 aromatic rings. The molecule has 2 aromatic heterocycles. The van der Waals surface area contributed by atoms with Gasteiger partial charge in [-0.2, -0.15) is 0 Å². The Morgan fingerprint density at radius 1 is 1.21 bits per heavy atom. The Kier molecular flexibility index (Phi) is 9.66. The number of rotatable bonds is 8. The number of hydrogen-bond acceptors (Lipinski definition) is 3. The molecule has 0 amide bonds. The highest BCUT2D eigenvalue weighted by molar-refractivity contribution is 14.0. The monoisotopic (exact) mass is 444 g/mol. The SMILES string of the molecule is CCNC(=NCc1nnc2ccccn12)NCCCCC(C)C.I. The van der Waals surface area contributed by atoms with Crippen LogP contribution < -0.4 is 10.6 Å². The number of aliphatic imine (C=N–C) groups is 1. The van der Waals surface area contributed by atoms with E-state index < -0.39 is 0 Å². The summed E-state index contributed by atoms with van der Waals surface area (Å²) >= 11 is 0. The molecular weight excluding hydrogens is 415 g/mol. The quantitative estimate of drug-likeness (QED) is 0.284. The first-order chi connectivity index (χ1) is 11.2. The van der Waals surface area contributed by atoms with Gasteiger partial charge < -0.3 is 10.6 Å². The second kappa shape index (κ2) is 11.2. The Labute approximate surface area is 161 Å². The van der Waals surface area contributed by atoms with E-state index in [0.717, 1.165) is 42.9 Å². The van der Waals surface area contributed by atoms with Crippen molar-refractivity contribution in [2.75, 3.05) is 13.1 Å². The summed E-state index contributed by atoms with van der Waals surface area (Å²) in [4.78, 5) is 4.61. The zero-order valence-electron chi connectivity index (χ0n) is 14.8. The number of unbranched alkanes of at least 4 members (excludes halogenated alkanes) is 1. The number of guanidine groups is 1. The van der Waals surface area contributed by atoms with Gasteiger partial charge >= 0.3 is 0 Å². The molecule has 2 N–H and O–H groups in total. The lowest BCUT2D eigenvalue weighted by Crippen LogP contribution is -2.37. The molecular formula is C17H29IN6. The van der Waals surface area contributed by atoms with E-state index >= 15 is 0 Å². The first-order valence-corrected chi connectivity index (χ1v) is 8.51. The van der Waals surface area contributed by atoms with Gasteiger partial charge in [-0.3, -0.25) is 4.40 Å². The van der Waals surface area contributed by atoms with Crippen LogP contribution in [0.15, 0.2) is 29.4 Å². The van der Waals surface area contributed by atoms with Crippen molar-refractivity contribution in [2.24, 2.45) is 10.9 Å². The highest BCUT2D eigenvalue weighted by Crippen LogP contribution is 2.05. The highest BCUT2D eigenvalue weighted by atomic mass is 127. The fourth-order valence-electron chi connectivity index (χ4n) is 2.37. The Bertz CT molecular complexity index is 622. The Morgan fingerprint density at radius 2 is 2.04 bits per heavy atom. The van der Waals surface area contributed by atoms with Crippen molar-refractivity contribution in [1.82, 2.24) is 25.2 Å². The lowest BCUT2D eigenvalue weighted by Gasteiger charge is -2.11. The van der Waals surface area contributed by atoms with Crippen molar-refractivity contribution in [3.63, 3.8) is 0 Å². The third-order valence-electron chi connectivity index (χ3n) is 3.61. The molecule has 0 radical (unpaired) electrons. The lowest BCUT2D eigenvalue weighted by atomic mass is 10.1. The molecule has 0 aliphatic carbocycles. The summed E-state index contributed by atoms with van der Waals surface area (Å²) in [6, 6.07) is 5.87. The van der Waals surface area contributed by atoms with E-state index in [1.54, 1.807) is 0 Å².